The van der Waals surface area contributed by atoms with E-state index in [0.29, 0.717) is 21.4 Å². The number of carbonyl (C=O) groups excluding carboxylic acids is 1. The number of rotatable bonds is 3. The quantitative estimate of drug-likeness (QED) is 0.938. The molecule has 4 nitrogen and oxygen atoms in total. The summed E-state index contributed by atoms with van der Waals surface area (Å²) in [6.45, 7) is 3.75. The Morgan fingerprint density at radius 2 is 2.00 bits per heavy atom. The first-order valence-corrected chi connectivity index (χ1v) is 6.46. The van der Waals surface area contributed by atoms with Crippen molar-refractivity contribution in [2.24, 2.45) is 0 Å². The Morgan fingerprint density at radius 3 is 2.63 bits per heavy atom. The topological polar surface area (TPSA) is 55.1 Å². The number of carbonyl (C=O) groups is 1. The molecule has 0 atom stereocenters. The van der Waals surface area contributed by atoms with E-state index >= 15 is 0 Å². The summed E-state index contributed by atoms with van der Waals surface area (Å²) in [6.07, 6.45) is 0. The van der Waals surface area contributed by atoms with E-state index in [1.54, 1.807) is 24.3 Å². The van der Waals surface area contributed by atoms with Crippen LogP contribution in [0.5, 0.6) is 0 Å². The molecular formula is C13H12Cl2N2O2. The molecule has 1 N–H and O–H groups in total. The van der Waals surface area contributed by atoms with Crippen molar-refractivity contribution in [1.82, 2.24) is 10.5 Å². The van der Waals surface area contributed by atoms with Gasteiger partial charge in [0.15, 0.2) is 11.5 Å². The van der Waals surface area contributed by atoms with Gasteiger partial charge in [0, 0.05) is 17.7 Å². The summed E-state index contributed by atoms with van der Waals surface area (Å²) in [4.78, 5) is 11.7. The van der Waals surface area contributed by atoms with Gasteiger partial charge in [-0.2, -0.15) is 0 Å². The van der Waals surface area contributed by atoms with Gasteiger partial charge in [-0.1, -0.05) is 28.4 Å². The van der Waals surface area contributed by atoms with E-state index in [2.05, 4.69) is 10.5 Å². The summed E-state index contributed by atoms with van der Waals surface area (Å²) in [6, 6.07) is 6.68. The highest BCUT2D eigenvalue weighted by Gasteiger charge is 2.14. The molecule has 0 radical (unpaired) electrons. The zero-order valence-electron chi connectivity index (χ0n) is 10.4. The average molecular weight is 299 g/mol. The van der Waals surface area contributed by atoms with E-state index in [9.17, 15) is 4.79 Å². The summed E-state index contributed by atoms with van der Waals surface area (Å²) >= 11 is 11.8. The van der Waals surface area contributed by atoms with Crippen molar-refractivity contribution in [2.45, 2.75) is 19.9 Å². The first-order chi connectivity index (χ1) is 8.97. The molecule has 0 bridgehead atoms. The van der Waals surface area contributed by atoms with Gasteiger partial charge in [0.1, 0.15) is 0 Å². The van der Waals surface area contributed by atoms with Crippen molar-refractivity contribution in [3.63, 3.8) is 0 Å². The van der Waals surface area contributed by atoms with Crippen LogP contribution in [0.4, 0.5) is 0 Å². The third-order valence-electron chi connectivity index (χ3n) is 2.37. The van der Waals surface area contributed by atoms with Crippen LogP contribution in [-0.2, 0) is 0 Å². The molecule has 2 rings (SSSR count). The van der Waals surface area contributed by atoms with E-state index in [1.807, 2.05) is 13.8 Å². The second kappa shape index (κ2) is 5.63. The normalized spacial score (nSPS) is 10.8. The summed E-state index contributed by atoms with van der Waals surface area (Å²) < 4.78 is 5.14. The highest BCUT2D eigenvalue weighted by atomic mass is 35.5. The molecule has 6 heteroatoms. The highest BCUT2D eigenvalue weighted by Crippen LogP contribution is 2.28. The van der Waals surface area contributed by atoms with Crippen molar-refractivity contribution < 1.29 is 9.32 Å². The fourth-order valence-corrected chi connectivity index (χ4v) is 1.80. The fourth-order valence-electron chi connectivity index (χ4n) is 1.50. The third kappa shape index (κ3) is 3.28. The fraction of sp³-hybridized carbons (Fsp3) is 0.231. The minimum atomic E-state index is -0.273. The van der Waals surface area contributed by atoms with E-state index in [0.717, 1.165) is 0 Å². The molecule has 1 aromatic carbocycles. The standard InChI is InChI=1S/C13H12Cl2N2O2/c1-7(2)16-13(18)11-6-12(19-17-11)8-3-4-9(14)10(15)5-8/h3-7H,1-2H3,(H,16,18). The Bertz CT molecular complexity index is 608. The SMILES string of the molecule is CC(C)NC(=O)c1cc(-c2ccc(Cl)c(Cl)c2)on1. The molecule has 0 fully saturated rings. The smallest absolute Gasteiger partial charge is 0.273 e. The Balaban J connectivity index is 2.25. The first kappa shape index (κ1) is 13.9. The van der Waals surface area contributed by atoms with E-state index < -0.39 is 0 Å². The van der Waals surface area contributed by atoms with Gasteiger partial charge in [-0.05, 0) is 32.0 Å². The lowest BCUT2D eigenvalue weighted by Gasteiger charge is -2.04. The number of nitrogens with zero attached hydrogens (tertiary/aromatic N) is 1. The zero-order valence-corrected chi connectivity index (χ0v) is 11.9. The molecule has 100 valence electrons. The van der Waals surface area contributed by atoms with E-state index in [-0.39, 0.29) is 17.6 Å². The second-order valence-electron chi connectivity index (χ2n) is 4.33. The summed E-state index contributed by atoms with van der Waals surface area (Å²) in [7, 11) is 0. The van der Waals surface area contributed by atoms with Crippen LogP contribution in [0.15, 0.2) is 28.8 Å². The van der Waals surface area contributed by atoms with Crippen LogP contribution in [0.3, 0.4) is 0 Å². The van der Waals surface area contributed by atoms with Gasteiger partial charge in [-0.15, -0.1) is 0 Å². The lowest BCUT2D eigenvalue weighted by atomic mass is 10.1. The van der Waals surface area contributed by atoms with Gasteiger partial charge in [0.05, 0.1) is 10.0 Å². The Morgan fingerprint density at radius 1 is 1.26 bits per heavy atom. The number of aromatic nitrogens is 1. The van der Waals surface area contributed by atoms with Crippen LogP contribution in [0.2, 0.25) is 10.0 Å². The lowest BCUT2D eigenvalue weighted by Crippen LogP contribution is -2.30. The Kier molecular flexibility index (Phi) is 4.12. The summed E-state index contributed by atoms with van der Waals surface area (Å²) in [5.74, 6) is 0.192. The minimum Gasteiger partial charge on any atom is -0.355 e. The largest absolute Gasteiger partial charge is 0.355 e. The molecular weight excluding hydrogens is 287 g/mol. The molecule has 19 heavy (non-hydrogen) atoms. The van der Waals surface area contributed by atoms with Crippen molar-refractivity contribution in [2.75, 3.05) is 0 Å². The molecule has 1 aromatic heterocycles. The first-order valence-electron chi connectivity index (χ1n) is 5.70. The molecule has 0 unspecified atom stereocenters. The number of halogens is 2. The highest BCUT2D eigenvalue weighted by molar-refractivity contribution is 6.42. The van der Waals surface area contributed by atoms with Crippen LogP contribution in [0.25, 0.3) is 11.3 Å². The number of hydrogen-bond donors (Lipinski definition) is 1. The van der Waals surface area contributed by atoms with Crippen LogP contribution in [-0.4, -0.2) is 17.1 Å². The monoisotopic (exact) mass is 298 g/mol. The van der Waals surface area contributed by atoms with Crippen LogP contribution >= 0.6 is 23.2 Å². The van der Waals surface area contributed by atoms with Crippen molar-refractivity contribution in [3.8, 4) is 11.3 Å². The zero-order chi connectivity index (χ0) is 14.0. The van der Waals surface area contributed by atoms with Gasteiger partial charge in [0.2, 0.25) is 0 Å². The van der Waals surface area contributed by atoms with Gasteiger partial charge < -0.3 is 9.84 Å². The Labute approximate surface area is 120 Å². The predicted octanol–water partition coefficient (Wildman–Crippen LogP) is 3.79. The number of amides is 1. The van der Waals surface area contributed by atoms with E-state index in [4.69, 9.17) is 27.7 Å². The number of nitrogens with one attached hydrogen (secondary N) is 1. The molecule has 0 saturated heterocycles. The molecule has 0 spiro atoms. The summed E-state index contributed by atoms with van der Waals surface area (Å²) in [5.41, 5.74) is 0.945. The Hall–Kier alpha value is -1.52. The number of benzene rings is 1. The maximum atomic E-state index is 11.7. The third-order valence-corrected chi connectivity index (χ3v) is 3.11. The van der Waals surface area contributed by atoms with Crippen LogP contribution < -0.4 is 5.32 Å². The van der Waals surface area contributed by atoms with E-state index in [1.165, 1.54) is 0 Å². The van der Waals surface area contributed by atoms with Crippen LogP contribution in [0, 0.1) is 0 Å². The van der Waals surface area contributed by atoms with Crippen LogP contribution in [0.1, 0.15) is 24.3 Å². The molecule has 2 aromatic rings. The molecule has 0 aliphatic heterocycles. The van der Waals surface area contributed by atoms with Crippen molar-refractivity contribution in [3.05, 3.63) is 40.0 Å². The predicted molar refractivity (Wildman–Crippen MR) is 74.6 cm³/mol. The maximum Gasteiger partial charge on any atom is 0.273 e. The van der Waals surface area contributed by atoms with Crippen molar-refractivity contribution in [1.29, 1.82) is 0 Å². The molecule has 0 aliphatic rings. The van der Waals surface area contributed by atoms with Gasteiger partial charge in [0.25, 0.3) is 5.91 Å². The molecule has 1 heterocycles. The lowest BCUT2D eigenvalue weighted by molar-refractivity contribution is 0.0934. The summed E-state index contributed by atoms with van der Waals surface area (Å²) in [5, 5.41) is 7.35. The van der Waals surface area contributed by atoms with Gasteiger partial charge >= 0.3 is 0 Å². The molecule has 0 aliphatic carbocycles. The van der Waals surface area contributed by atoms with Crippen molar-refractivity contribution >= 4 is 29.1 Å². The average Bonchev–Trinajstić information content (AvgIpc) is 2.81. The maximum absolute atomic E-state index is 11.7. The van der Waals surface area contributed by atoms with Gasteiger partial charge in [-0.25, -0.2) is 0 Å². The minimum absolute atomic E-state index is 0.0395. The number of hydrogen-bond acceptors (Lipinski definition) is 3. The van der Waals surface area contributed by atoms with Gasteiger partial charge in [-0.3, -0.25) is 4.79 Å². The molecule has 0 saturated carbocycles. The second-order valence-corrected chi connectivity index (χ2v) is 5.15. The molecule has 1 amide bonds.